The van der Waals surface area contributed by atoms with Gasteiger partial charge in [-0.05, 0) is 54.8 Å². The summed E-state index contributed by atoms with van der Waals surface area (Å²) in [4.78, 5) is 27.5. The monoisotopic (exact) mass is 413 g/mol. The number of carbonyl (C=O) groups excluding carboxylic acids is 2. The SMILES string of the molecule is CCC(=O)N1CCc2cc(S(=O)(=O)Nc3cccc(N4CCCC4=O)c3)ccc21. The second-order valence-corrected chi connectivity index (χ2v) is 8.93. The normalized spacial score (nSPS) is 16.2. The Labute approximate surface area is 170 Å². The second-order valence-electron chi connectivity index (χ2n) is 7.24. The van der Waals surface area contributed by atoms with E-state index in [1.54, 1.807) is 46.2 Å². The number of benzene rings is 2. The summed E-state index contributed by atoms with van der Waals surface area (Å²) < 4.78 is 28.4. The first-order chi connectivity index (χ1) is 13.9. The van der Waals surface area contributed by atoms with Crippen LogP contribution in [0.1, 0.15) is 31.7 Å². The van der Waals surface area contributed by atoms with Crippen LogP contribution in [0.25, 0.3) is 0 Å². The van der Waals surface area contributed by atoms with Crippen molar-refractivity contribution in [2.24, 2.45) is 0 Å². The van der Waals surface area contributed by atoms with Crippen molar-refractivity contribution in [2.45, 2.75) is 37.5 Å². The molecule has 29 heavy (non-hydrogen) atoms. The lowest BCUT2D eigenvalue weighted by Gasteiger charge is -2.18. The first kappa shape index (κ1) is 19.4. The zero-order valence-electron chi connectivity index (χ0n) is 16.2. The van der Waals surface area contributed by atoms with Gasteiger partial charge in [-0.2, -0.15) is 0 Å². The molecule has 7 nitrogen and oxygen atoms in total. The smallest absolute Gasteiger partial charge is 0.261 e. The molecule has 8 heteroatoms. The van der Waals surface area contributed by atoms with E-state index in [0.717, 1.165) is 17.7 Å². The predicted molar refractivity (Wildman–Crippen MR) is 112 cm³/mol. The lowest BCUT2D eigenvalue weighted by Crippen LogP contribution is -2.27. The van der Waals surface area contributed by atoms with Crippen LogP contribution in [-0.2, 0) is 26.0 Å². The van der Waals surface area contributed by atoms with Crippen molar-refractivity contribution >= 4 is 38.9 Å². The van der Waals surface area contributed by atoms with Gasteiger partial charge in [0.15, 0.2) is 0 Å². The number of hydrogen-bond donors (Lipinski definition) is 1. The van der Waals surface area contributed by atoms with Gasteiger partial charge in [0.1, 0.15) is 0 Å². The van der Waals surface area contributed by atoms with E-state index in [0.29, 0.717) is 43.7 Å². The molecule has 1 fully saturated rings. The molecule has 2 aliphatic heterocycles. The van der Waals surface area contributed by atoms with Gasteiger partial charge in [-0.1, -0.05) is 13.0 Å². The largest absolute Gasteiger partial charge is 0.312 e. The Kier molecular flexibility index (Phi) is 5.04. The van der Waals surface area contributed by atoms with Crippen molar-refractivity contribution in [3.05, 3.63) is 48.0 Å². The van der Waals surface area contributed by atoms with E-state index in [1.807, 2.05) is 6.92 Å². The second kappa shape index (κ2) is 7.51. The lowest BCUT2D eigenvalue weighted by atomic mass is 10.2. The molecule has 1 saturated heterocycles. The van der Waals surface area contributed by atoms with Crippen LogP contribution in [0, 0.1) is 0 Å². The Bertz CT molecular complexity index is 1080. The third-order valence-corrected chi connectivity index (χ3v) is 6.72. The lowest BCUT2D eigenvalue weighted by molar-refractivity contribution is -0.118. The maximum absolute atomic E-state index is 12.9. The van der Waals surface area contributed by atoms with Gasteiger partial charge in [0.05, 0.1) is 10.6 Å². The third kappa shape index (κ3) is 3.72. The van der Waals surface area contributed by atoms with Crippen LogP contribution in [0.2, 0.25) is 0 Å². The number of nitrogens with one attached hydrogen (secondary N) is 1. The standard InChI is InChI=1S/C21H23N3O4S/c1-2-20(25)24-12-10-15-13-18(8-9-19(15)24)29(27,28)22-16-5-3-6-17(14-16)23-11-4-7-21(23)26/h3,5-6,8-9,13-14,22H,2,4,7,10-12H2,1H3. The van der Waals surface area contributed by atoms with Gasteiger partial charge in [0.2, 0.25) is 11.8 Å². The van der Waals surface area contributed by atoms with Crippen LogP contribution in [0.5, 0.6) is 0 Å². The van der Waals surface area contributed by atoms with Crippen LogP contribution in [0.3, 0.4) is 0 Å². The molecule has 1 N–H and O–H groups in total. The van der Waals surface area contributed by atoms with Crippen LogP contribution in [-0.4, -0.2) is 33.3 Å². The molecule has 2 aliphatic rings. The molecule has 2 aromatic carbocycles. The predicted octanol–water partition coefficient (Wildman–Crippen LogP) is 2.91. The summed E-state index contributed by atoms with van der Waals surface area (Å²) in [6, 6.07) is 11.7. The molecule has 0 atom stereocenters. The molecule has 2 amide bonds. The number of fused-ring (bicyclic) bond motifs is 1. The Hall–Kier alpha value is -2.87. The molecule has 152 valence electrons. The van der Waals surface area contributed by atoms with Gasteiger partial charge in [0, 0.05) is 37.3 Å². The highest BCUT2D eigenvalue weighted by Gasteiger charge is 2.26. The van der Waals surface area contributed by atoms with Crippen molar-refractivity contribution in [3.63, 3.8) is 0 Å². The van der Waals surface area contributed by atoms with Crippen LogP contribution in [0.4, 0.5) is 17.1 Å². The van der Waals surface area contributed by atoms with E-state index in [9.17, 15) is 18.0 Å². The highest BCUT2D eigenvalue weighted by molar-refractivity contribution is 7.92. The summed E-state index contributed by atoms with van der Waals surface area (Å²) in [5.74, 6) is 0.0839. The summed E-state index contributed by atoms with van der Waals surface area (Å²) in [7, 11) is -3.79. The van der Waals surface area contributed by atoms with E-state index < -0.39 is 10.0 Å². The quantitative estimate of drug-likeness (QED) is 0.817. The van der Waals surface area contributed by atoms with Crippen molar-refractivity contribution in [1.29, 1.82) is 0 Å². The zero-order chi connectivity index (χ0) is 20.6. The Balaban J connectivity index is 1.57. The minimum absolute atomic E-state index is 0.0331. The molecule has 0 spiro atoms. The Morgan fingerprint density at radius 3 is 2.66 bits per heavy atom. The number of nitrogens with zero attached hydrogens (tertiary/aromatic N) is 2. The topological polar surface area (TPSA) is 86.8 Å². The summed E-state index contributed by atoms with van der Waals surface area (Å²) in [6.45, 7) is 3.03. The average molecular weight is 413 g/mol. The minimum atomic E-state index is -3.79. The summed E-state index contributed by atoms with van der Waals surface area (Å²) >= 11 is 0. The van der Waals surface area contributed by atoms with E-state index in [2.05, 4.69) is 4.72 Å². The van der Waals surface area contributed by atoms with Crippen LogP contribution >= 0.6 is 0 Å². The number of carbonyl (C=O) groups is 2. The van der Waals surface area contributed by atoms with Gasteiger partial charge >= 0.3 is 0 Å². The molecule has 0 unspecified atom stereocenters. The maximum Gasteiger partial charge on any atom is 0.261 e. The molecule has 0 aromatic heterocycles. The van der Waals surface area contributed by atoms with Crippen LogP contribution in [0.15, 0.2) is 47.4 Å². The van der Waals surface area contributed by atoms with Crippen molar-refractivity contribution in [1.82, 2.24) is 0 Å². The van der Waals surface area contributed by atoms with E-state index >= 15 is 0 Å². The fourth-order valence-electron chi connectivity index (χ4n) is 3.87. The number of hydrogen-bond acceptors (Lipinski definition) is 4. The van der Waals surface area contributed by atoms with Crippen molar-refractivity contribution in [3.8, 4) is 0 Å². The molecule has 0 bridgehead atoms. The van der Waals surface area contributed by atoms with Gasteiger partial charge in [-0.15, -0.1) is 0 Å². The molecule has 0 aliphatic carbocycles. The van der Waals surface area contributed by atoms with Crippen molar-refractivity contribution < 1.29 is 18.0 Å². The minimum Gasteiger partial charge on any atom is -0.312 e. The molecule has 4 rings (SSSR count). The maximum atomic E-state index is 12.9. The summed E-state index contributed by atoms with van der Waals surface area (Å²) in [5.41, 5.74) is 2.73. The number of anilines is 3. The van der Waals surface area contributed by atoms with Crippen LogP contribution < -0.4 is 14.5 Å². The first-order valence-corrected chi connectivity index (χ1v) is 11.2. The summed E-state index contributed by atoms with van der Waals surface area (Å²) in [6.07, 6.45) is 2.37. The molecule has 2 heterocycles. The molecular formula is C21H23N3O4S. The summed E-state index contributed by atoms with van der Waals surface area (Å²) in [5, 5.41) is 0. The third-order valence-electron chi connectivity index (χ3n) is 5.34. The highest BCUT2D eigenvalue weighted by atomic mass is 32.2. The fraction of sp³-hybridized carbons (Fsp3) is 0.333. The fourth-order valence-corrected chi connectivity index (χ4v) is 4.97. The van der Waals surface area contributed by atoms with Gasteiger partial charge in [0.25, 0.3) is 10.0 Å². The average Bonchev–Trinajstić information content (AvgIpc) is 3.32. The first-order valence-electron chi connectivity index (χ1n) is 9.75. The highest BCUT2D eigenvalue weighted by Crippen LogP contribution is 2.32. The van der Waals surface area contributed by atoms with E-state index in [4.69, 9.17) is 0 Å². The molecule has 0 saturated carbocycles. The number of amides is 2. The Morgan fingerprint density at radius 2 is 1.93 bits per heavy atom. The zero-order valence-corrected chi connectivity index (χ0v) is 17.0. The van der Waals surface area contributed by atoms with Gasteiger partial charge < -0.3 is 9.80 Å². The van der Waals surface area contributed by atoms with E-state index in [1.165, 1.54) is 6.07 Å². The van der Waals surface area contributed by atoms with Gasteiger partial charge in [-0.25, -0.2) is 8.42 Å². The number of sulfonamides is 1. The molecular weight excluding hydrogens is 390 g/mol. The van der Waals surface area contributed by atoms with E-state index in [-0.39, 0.29) is 16.7 Å². The molecule has 0 radical (unpaired) electrons. The number of rotatable bonds is 5. The van der Waals surface area contributed by atoms with Gasteiger partial charge in [-0.3, -0.25) is 14.3 Å². The van der Waals surface area contributed by atoms with Crippen molar-refractivity contribution in [2.75, 3.05) is 27.6 Å². The molecule has 2 aromatic rings. The Morgan fingerprint density at radius 1 is 1.10 bits per heavy atom.